The minimum absolute atomic E-state index is 0.0190. The van der Waals surface area contributed by atoms with Crippen molar-refractivity contribution in [2.45, 2.75) is 336 Å². The Kier molecular flexibility index (Phi) is 64.0. The van der Waals surface area contributed by atoms with E-state index in [9.17, 15) is 24.0 Å². The van der Waals surface area contributed by atoms with Gasteiger partial charge in [0.25, 0.3) is 0 Å². The second-order valence-corrected chi connectivity index (χ2v) is 25.1. The molecule has 0 fully saturated rings. The molecule has 5 amide bonds. The van der Waals surface area contributed by atoms with Crippen molar-refractivity contribution in [3.05, 3.63) is 0 Å². The van der Waals surface area contributed by atoms with Crippen LogP contribution < -0.4 is 26.6 Å². The molecule has 0 saturated heterocycles. The van der Waals surface area contributed by atoms with Gasteiger partial charge < -0.3 is 41.3 Å². The molecule has 0 aliphatic heterocycles. The topological polar surface area (TPSA) is 155 Å². The molecule has 0 unspecified atom stereocenters. The Balaban J connectivity index is 5.67. The highest BCUT2D eigenvalue weighted by Gasteiger charge is 2.17. The number of unbranched alkanes of at least 4 members (excludes halogenated alkanes) is 38. The second-order valence-electron chi connectivity index (χ2n) is 25.1. The minimum atomic E-state index is -0.0190. The van der Waals surface area contributed by atoms with Crippen LogP contribution in [0.1, 0.15) is 336 Å². The van der Waals surface area contributed by atoms with Crippen molar-refractivity contribution in [3.8, 4) is 0 Å². The third-order valence-electron chi connectivity index (χ3n) is 17.2. The molecule has 0 saturated carbocycles. The van der Waals surface area contributed by atoms with Gasteiger partial charge in [-0.25, -0.2) is 0 Å². The highest BCUT2D eigenvalue weighted by atomic mass is 16.2. The molecule has 0 heterocycles. The fraction of sp³-hybridized carbons (Fsp3) is 0.930. The van der Waals surface area contributed by atoms with E-state index < -0.39 is 0 Å². The molecule has 0 aliphatic rings. The van der Waals surface area contributed by atoms with Crippen LogP contribution in [0, 0.1) is 0 Å². The molecule has 0 atom stereocenters. The van der Waals surface area contributed by atoms with E-state index in [4.69, 9.17) is 0 Å². The predicted molar refractivity (Wildman–Crippen MR) is 360 cm³/mol. The van der Waals surface area contributed by atoms with Crippen molar-refractivity contribution in [1.29, 1.82) is 0 Å². The van der Waals surface area contributed by atoms with E-state index in [0.717, 1.165) is 96.9 Å². The number of nitrogens with zero attached hydrogens (tertiary/aromatic N) is 3. The summed E-state index contributed by atoms with van der Waals surface area (Å²) in [4.78, 5) is 72.1. The van der Waals surface area contributed by atoms with E-state index in [1.54, 1.807) is 7.05 Å². The van der Waals surface area contributed by atoms with Crippen LogP contribution in [0.5, 0.6) is 0 Å². The first kappa shape index (κ1) is 81.2. The summed E-state index contributed by atoms with van der Waals surface area (Å²) >= 11 is 0. The van der Waals surface area contributed by atoms with Gasteiger partial charge in [0, 0.05) is 118 Å². The summed E-state index contributed by atoms with van der Waals surface area (Å²) in [6.07, 6.45) is 55.6. The van der Waals surface area contributed by atoms with Gasteiger partial charge in [-0.3, -0.25) is 24.0 Å². The van der Waals surface area contributed by atoms with Crippen molar-refractivity contribution >= 4 is 29.5 Å². The molecule has 0 bridgehead atoms. The van der Waals surface area contributed by atoms with Gasteiger partial charge >= 0.3 is 0 Å². The Morgan fingerprint density at radius 3 is 0.679 bits per heavy atom. The number of rotatable bonds is 68. The first-order valence-corrected chi connectivity index (χ1v) is 36.6. The van der Waals surface area contributed by atoms with Crippen LogP contribution in [0.2, 0.25) is 0 Å². The lowest BCUT2D eigenvalue weighted by Crippen LogP contribution is -2.43. The first-order chi connectivity index (χ1) is 41.2. The maximum Gasteiger partial charge on any atom is 0.221 e. The van der Waals surface area contributed by atoms with E-state index in [1.165, 1.54) is 212 Å². The van der Waals surface area contributed by atoms with Crippen LogP contribution in [0.25, 0.3) is 0 Å². The number of carbonyl (C=O) groups is 5. The maximum atomic E-state index is 13.4. The van der Waals surface area contributed by atoms with Gasteiger partial charge in [0.15, 0.2) is 0 Å². The largest absolute Gasteiger partial charge is 0.359 e. The number of amides is 5. The Morgan fingerprint density at radius 1 is 0.214 bits per heavy atom. The zero-order chi connectivity index (χ0) is 61.3. The van der Waals surface area contributed by atoms with Crippen LogP contribution in [-0.2, 0) is 24.0 Å². The predicted octanol–water partition coefficient (Wildman–Crippen LogP) is 15.9. The lowest BCUT2D eigenvalue weighted by atomic mass is 10.1. The molecule has 13 nitrogen and oxygen atoms in total. The number of hydrogen-bond acceptors (Lipinski definition) is 8. The van der Waals surface area contributed by atoms with Crippen LogP contribution in [0.4, 0.5) is 0 Å². The average molecular weight is 1190 g/mol. The first-order valence-electron chi connectivity index (χ1n) is 36.6. The van der Waals surface area contributed by atoms with Crippen LogP contribution >= 0.6 is 0 Å². The van der Waals surface area contributed by atoms with Crippen LogP contribution in [0.3, 0.4) is 0 Å². The molecular formula is C71H142N8O5. The summed E-state index contributed by atoms with van der Waals surface area (Å²) in [5.74, 6) is 0.369. The van der Waals surface area contributed by atoms with Gasteiger partial charge in [-0.05, 0) is 45.1 Å². The molecule has 84 heavy (non-hydrogen) atoms. The highest BCUT2D eigenvalue weighted by Crippen LogP contribution is 2.15. The van der Waals surface area contributed by atoms with Gasteiger partial charge in [-0.15, -0.1) is 0 Å². The minimum Gasteiger partial charge on any atom is -0.359 e. The third kappa shape index (κ3) is 60.9. The summed E-state index contributed by atoms with van der Waals surface area (Å²) in [5, 5.41) is 15.5. The van der Waals surface area contributed by atoms with Crippen molar-refractivity contribution in [2.24, 2.45) is 0 Å². The SMILES string of the molecule is CCCCCCCCCCCCNC(=O)CCCCCN(CCC(=O)NCCCCCCCCCCCC)CCN(CCC(=O)NCCCCCCCCCCCC)CCN(CCC(=O)NC)CCC(=O)NCCCCCCCCCCCC. The van der Waals surface area contributed by atoms with Crippen molar-refractivity contribution in [3.63, 3.8) is 0 Å². The van der Waals surface area contributed by atoms with Gasteiger partial charge in [0.2, 0.25) is 29.5 Å². The van der Waals surface area contributed by atoms with Gasteiger partial charge in [-0.1, -0.05) is 265 Å². The average Bonchev–Trinajstić information content (AvgIpc) is 3.52. The molecular weight excluding hydrogens is 1040 g/mol. The van der Waals surface area contributed by atoms with E-state index in [-0.39, 0.29) is 29.5 Å². The second kappa shape index (κ2) is 66.2. The Hall–Kier alpha value is -2.77. The van der Waals surface area contributed by atoms with Crippen molar-refractivity contribution < 1.29 is 24.0 Å². The van der Waals surface area contributed by atoms with Gasteiger partial charge in [-0.2, -0.15) is 0 Å². The zero-order valence-electron chi connectivity index (χ0n) is 56.5. The summed E-state index contributed by atoms with van der Waals surface area (Å²) < 4.78 is 0. The molecule has 0 spiro atoms. The molecule has 5 N–H and O–H groups in total. The third-order valence-corrected chi connectivity index (χ3v) is 17.2. The number of carbonyl (C=O) groups excluding carboxylic acids is 5. The van der Waals surface area contributed by atoms with E-state index in [2.05, 4.69) is 69.0 Å². The van der Waals surface area contributed by atoms with Crippen molar-refractivity contribution in [1.82, 2.24) is 41.3 Å². The Labute approximate surface area is 520 Å². The molecule has 0 aromatic carbocycles. The number of hydrogen-bond donors (Lipinski definition) is 5. The molecule has 0 aromatic heterocycles. The van der Waals surface area contributed by atoms with E-state index in [0.29, 0.717) is 84.5 Å². The highest BCUT2D eigenvalue weighted by molar-refractivity contribution is 5.77. The van der Waals surface area contributed by atoms with Gasteiger partial charge in [0.1, 0.15) is 0 Å². The summed E-state index contributed by atoms with van der Waals surface area (Å²) in [7, 11) is 1.67. The normalized spacial score (nSPS) is 11.5. The molecule has 0 aromatic rings. The smallest absolute Gasteiger partial charge is 0.221 e. The number of nitrogens with one attached hydrogen (secondary N) is 5. The zero-order valence-corrected chi connectivity index (χ0v) is 56.5. The maximum absolute atomic E-state index is 13.4. The Bertz CT molecular complexity index is 1450. The summed E-state index contributed by atoms with van der Waals surface area (Å²) in [6.45, 7) is 18.0. The monoisotopic (exact) mass is 1190 g/mol. The van der Waals surface area contributed by atoms with E-state index in [1.807, 2.05) is 0 Å². The summed E-state index contributed by atoms with van der Waals surface area (Å²) in [6, 6.07) is 0. The molecule has 0 aliphatic carbocycles. The lowest BCUT2D eigenvalue weighted by Gasteiger charge is -2.30. The molecule has 0 rings (SSSR count). The lowest BCUT2D eigenvalue weighted by molar-refractivity contribution is -0.122. The molecule has 0 radical (unpaired) electrons. The molecule has 13 heteroatoms. The molecule has 496 valence electrons. The van der Waals surface area contributed by atoms with E-state index >= 15 is 0 Å². The summed E-state index contributed by atoms with van der Waals surface area (Å²) in [5.41, 5.74) is 0. The van der Waals surface area contributed by atoms with Crippen LogP contribution in [0.15, 0.2) is 0 Å². The fourth-order valence-corrected chi connectivity index (χ4v) is 11.2. The van der Waals surface area contributed by atoms with Crippen molar-refractivity contribution in [2.75, 3.05) is 92.1 Å². The standard InChI is InChI=1S/C71H142N8O5/c1-6-10-14-18-22-26-30-34-38-44-54-73-68(81)49-43-42-48-58-77(60-51-69(82)74-55-45-39-35-31-27-23-19-15-11-7-2)63-65-79(62-53-71(84)76-57-47-41-37-33-29-25-21-17-13-9-4)66-64-78(59-50-67(80)72-5)61-52-70(83)75-56-46-40-36-32-28-24-20-16-12-8-3/h6-66H2,1-5H3,(H,72,80)(H,73,81)(H,74,82)(H,75,83)(H,76,84). The van der Waals surface area contributed by atoms with Gasteiger partial charge in [0.05, 0.1) is 0 Å². The van der Waals surface area contributed by atoms with Crippen LogP contribution in [-0.4, -0.2) is 136 Å². The Morgan fingerprint density at radius 2 is 0.417 bits per heavy atom. The fourth-order valence-electron chi connectivity index (χ4n) is 11.2. The quantitative estimate of drug-likeness (QED) is 0.0377.